The maximum Gasteiger partial charge on any atom is 0.251 e. The molecule has 0 spiro atoms. The molecular formula is C22H24N2OS2. The monoisotopic (exact) mass is 396 g/mol. The van der Waals surface area contributed by atoms with Crippen molar-refractivity contribution in [3.05, 3.63) is 88.1 Å². The van der Waals surface area contributed by atoms with E-state index in [0.29, 0.717) is 12.1 Å². The van der Waals surface area contributed by atoms with Crippen LogP contribution in [0.25, 0.3) is 0 Å². The van der Waals surface area contributed by atoms with E-state index in [1.165, 1.54) is 15.3 Å². The van der Waals surface area contributed by atoms with Gasteiger partial charge in [0.2, 0.25) is 0 Å². The van der Waals surface area contributed by atoms with E-state index >= 15 is 0 Å². The molecule has 0 bridgehead atoms. The highest BCUT2D eigenvalue weighted by atomic mass is 32.2. The summed E-state index contributed by atoms with van der Waals surface area (Å²) in [5.74, 6) is 0.869. The van der Waals surface area contributed by atoms with Crippen LogP contribution in [0.3, 0.4) is 0 Å². The fraction of sp³-hybridized carbons (Fsp3) is 0.227. The summed E-state index contributed by atoms with van der Waals surface area (Å²) in [5.41, 5.74) is 1.91. The topological polar surface area (TPSA) is 32.3 Å². The molecule has 1 N–H and O–H groups in total. The summed E-state index contributed by atoms with van der Waals surface area (Å²) in [4.78, 5) is 17.1. The molecule has 27 heavy (non-hydrogen) atoms. The van der Waals surface area contributed by atoms with Crippen LogP contribution in [-0.2, 0) is 5.75 Å². The van der Waals surface area contributed by atoms with E-state index in [1.807, 2.05) is 62.6 Å². The third kappa shape index (κ3) is 5.70. The van der Waals surface area contributed by atoms with Crippen LogP contribution in [0.15, 0.2) is 77.0 Å². The summed E-state index contributed by atoms with van der Waals surface area (Å²) >= 11 is 3.52. The first kappa shape index (κ1) is 19.7. The highest BCUT2D eigenvalue weighted by Gasteiger charge is 2.16. The van der Waals surface area contributed by atoms with Gasteiger partial charge in [0.15, 0.2) is 0 Å². The van der Waals surface area contributed by atoms with Gasteiger partial charge in [0.05, 0.1) is 6.04 Å². The molecule has 2 aromatic carbocycles. The highest BCUT2D eigenvalue weighted by Crippen LogP contribution is 2.23. The summed E-state index contributed by atoms with van der Waals surface area (Å²) in [6.45, 7) is 0.595. The number of carbonyl (C=O) groups excluding carboxylic acids is 1. The van der Waals surface area contributed by atoms with E-state index in [-0.39, 0.29) is 11.9 Å². The molecule has 1 amide bonds. The third-order valence-corrected chi connectivity index (χ3v) is 6.37. The van der Waals surface area contributed by atoms with Crippen molar-refractivity contribution in [3.8, 4) is 0 Å². The summed E-state index contributed by atoms with van der Waals surface area (Å²) in [7, 11) is 4.07. The molecule has 0 saturated heterocycles. The minimum atomic E-state index is -0.0272. The van der Waals surface area contributed by atoms with Crippen LogP contribution in [0.1, 0.15) is 26.8 Å². The van der Waals surface area contributed by atoms with Gasteiger partial charge in [-0.25, -0.2) is 0 Å². The highest BCUT2D eigenvalue weighted by molar-refractivity contribution is 7.98. The van der Waals surface area contributed by atoms with Gasteiger partial charge < -0.3 is 10.2 Å². The predicted octanol–water partition coefficient (Wildman–Crippen LogP) is 5.07. The Labute approximate surface area is 169 Å². The zero-order valence-corrected chi connectivity index (χ0v) is 17.2. The van der Waals surface area contributed by atoms with Crippen molar-refractivity contribution < 1.29 is 4.79 Å². The fourth-order valence-corrected chi connectivity index (χ4v) is 4.54. The van der Waals surface area contributed by atoms with Crippen molar-refractivity contribution in [1.29, 1.82) is 0 Å². The Kier molecular flexibility index (Phi) is 7.10. The minimum absolute atomic E-state index is 0.0272. The number of thioether (sulfide) groups is 1. The summed E-state index contributed by atoms with van der Waals surface area (Å²) in [6.07, 6.45) is 0. The van der Waals surface area contributed by atoms with Gasteiger partial charge in [-0.15, -0.1) is 23.1 Å². The van der Waals surface area contributed by atoms with E-state index in [2.05, 4.69) is 33.8 Å². The molecular weight excluding hydrogens is 372 g/mol. The average Bonchev–Trinajstić information content (AvgIpc) is 3.22. The molecule has 0 aliphatic carbocycles. The van der Waals surface area contributed by atoms with Crippen molar-refractivity contribution in [3.63, 3.8) is 0 Å². The van der Waals surface area contributed by atoms with Crippen LogP contribution in [0, 0.1) is 0 Å². The first-order valence-corrected chi connectivity index (χ1v) is 10.7. The van der Waals surface area contributed by atoms with Crippen molar-refractivity contribution >= 4 is 29.0 Å². The van der Waals surface area contributed by atoms with E-state index < -0.39 is 0 Å². The second-order valence-electron chi connectivity index (χ2n) is 6.50. The molecule has 0 radical (unpaired) electrons. The molecule has 3 aromatic rings. The first-order valence-electron chi connectivity index (χ1n) is 8.88. The molecule has 0 saturated carbocycles. The van der Waals surface area contributed by atoms with Gasteiger partial charge in [0, 0.05) is 27.6 Å². The number of hydrogen-bond acceptors (Lipinski definition) is 4. The molecule has 0 aliphatic rings. The minimum Gasteiger partial charge on any atom is -0.350 e. The molecule has 3 nitrogen and oxygen atoms in total. The van der Waals surface area contributed by atoms with E-state index in [4.69, 9.17) is 0 Å². The Balaban J connectivity index is 1.54. The first-order chi connectivity index (χ1) is 13.1. The van der Waals surface area contributed by atoms with Crippen LogP contribution in [0.4, 0.5) is 0 Å². The number of benzene rings is 2. The lowest BCUT2D eigenvalue weighted by Gasteiger charge is -2.23. The quantitative estimate of drug-likeness (QED) is 0.539. The SMILES string of the molecule is CN(C)C(CNC(=O)c1ccc(CSc2ccccc2)cc1)c1cccs1. The molecule has 5 heteroatoms. The Morgan fingerprint density at radius 3 is 2.41 bits per heavy atom. The third-order valence-electron chi connectivity index (χ3n) is 4.32. The number of amides is 1. The smallest absolute Gasteiger partial charge is 0.251 e. The van der Waals surface area contributed by atoms with Crippen LogP contribution in [0.2, 0.25) is 0 Å². The summed E-state index contributed by atoms with van der Waals surface area (Å²) in [5, 5.41) is 5.14. The van der Waals surface area contributed by atoms with Gasteiger partial charge in [0.1, 0.15) is 0 Å². The number of hydrogen-bond donors (Lipinski definition) is 1. The Hall–Kier alpha value is -2.08. The molecule has 1 atom stereocenters. The van der Waals surface area contributed by atoms with Crippen molar-refractivity contribution in [2.75, 3.05) is 20.6 Å². The largest absolute Gasteiger partial charge is 0.350 e. The number of likely N-dealkylation sites (N-methyl/N-ethyl adjacent to an activating group) is 1. The number of nitrogens with one attached hydrogen (secondary N) is 1. The lowest BCUT2D eigenvalue weighted by atomic mass is 10.1. The Morgan fingerprint density at radius 2 is 1.78 bits per heavy atom. The van der Waals surface area contributed by atoms with Crippen molar-refractivity contribution in [2.24, 2.45) is 0 Å². The van der Waals surface area contributed by atoms with Gasteiger partial charge in [-0.1, -0.05) is 36.4 Å². The predicted molar refractivity (Wildman–Crippen MR) is 116 cm³/mol. The average molecular weight is 397 g/mol. The van der Waals surface area contributed by atoms with Crippen LogP contribution >= 0.6 is 23.1 Å². The number of nitrogens with zero attached hydrogens (tertiary/aromatic N) is 1. The van der Waals surface area contributed by atoms with Crippen LogP contribution in [-0.4, -0.2) is 31.4 Å². The standard InChI is InChI=1S/C22H24N2OS2/c1-24(2)20(21-9-6-14-26-21)15-23-22(25)18-12-10-17(11-13-18)16-27-19-7-4-3-5-8-19/h3-14,20H,15-16H2,1-2H3,(H,23,25). The number of thiophene rings is 1. The Bertz CT molecular complexity index is 831. The van der Waals surface area contributed by atoms with Crippen LogP contribution in [0.5, 0.6) is 0 Å². The second kappa shape index (κ2) is 9.74. The lowest BCUT2D eigenvalue weighted by Crippen LogP contribution is -2.34. The molecule has 1 unspecified atom stereocenters. The van der Waals surface area contributed by atoms with Crippen molar-refractivity contribution in [2.45, 2.75) is 16.7 Å². The zero-order chi connectivity index (χ0) is 19.1. The summed E-state index contributed by atoms with van der Waals surface area (Å²) in [6, 6.07) is 22.6. The van der Waals surface area contributed by atoms with Gasteiger partial charge >= 0.3 is 0 Å². The molecule has 0 fully saturated rings. The van der Waals surface area contributed by atoms with Gasteiger partial charge in [-0.05, 0) is 55.4 Å². The van der Waals surface area contributed by atoms with Gasteiger partial charge in [-0.3, -0.25) is 4.79 Å². The summed E-state index contributed by atoms with van der Waals surface area (Å²) < 4.78 is 0. The Morgan fingerprint density at radius 1 is 1.04 bits per heavy atom. The lowest BCUT2D eigenvalue weighted by molar-refractivity contribution is 0.0942. The molecule has 1 aromatic heterocycles. The number of rotatable bonds is 8. The zero-order valence-electron chi connectivity index (χ0n) is 15.6. The van der Waals surface area contributed by atoms with E-state index in [1.54, 1.807) is 23.1 Å². The molecule has 0 aliphatic heterocycles. The maximum atomic E-state index is 12.5. The van der Waals surface area contributed by atoms with E-state index in [0.717, 1.165) is 5.75 Å². The fourth-order valence-electron chi connectivity index (χ4n) is 2.75. The van der Waals surface area contributed by atoms with Gasteiger partial charge in [-0.2, -0.15) is 0 Å². The maximum absolute atomic E-state index is 12.5. The van der Waals surface area contributed by atoms with Gasteiger partial charge in [0.25, 0.3) is 5.91 Å². The molecule has 1 heterocycles. The van der Waals surface area contributed by atoms with E-state index in [9.17, 15) is 4.79 Å². The normalized spacial score (nSPS) is 12.1. The molecule has 140 valence electrons. The molecule has 3 rings (SSSR count). The van der Waals surface area contributed by atoms with Crippen molar-refractivity contribution in [1.82, 2.24) is 10.2 Å². The number of carbonyl (C=O) groups is 1. The second-order valence-corrected chi connectivity index (χ2v) is 8.53. The van der Waals surface area contributed by atoms with Crippen LogP contribution < -0.4 is 5.32 Å².